The van der Waals surface area contributed by atoms with Gasteiger partial charge in [0.05, 0.1) is 25.8 Å². The van der Waals surface area contributed by atoms with Crippen LogP contribution in [-0.2, 0) is 11.3 Å². The van der Waals surface area contributed by atoms with E-state index in [1.165, 1.54) is 12.0 Å². The fourth-order valence-corrected chi connectivity index (χ4v) is 4.31. The van der Waals surface area contributed by atoms with Crippen LogP contribution in [0.25, 0.3) is 11.0 Å². The van der Waals surface area contributed by atoms with Crippen molar-refractivity contribution in [1.29, 1.82) is 0 Å². The number of methoxy groups -OCH3 is 2. The number of ether oxygens (including phenoxy) is 2. The second-order valence-electron chi connectivity index (χ2n) is 8.04. The molecule has 0 bridgehead atoms. The van der Waals surface area contributed by atoms with Gasteiger partial charge in [-0.25, -0.2) is 0 Å². The maximum absolute atomic E-state index is 13.7. The van der Waals surface area contributed by atoms with Crippen molar-refractivity contribution in [2.45, 2.75) is 12.6 Å². The van der Waals surface area contributed by atoms with Gasteiger partial charge in [0.2, 0.25) is 5.78 Å². The number of aliphatic hydroxyl groups excluding tert-OH is 1. The van der Waals surface area contributed by atoms with Gasteiger partial charge in [-0.2, -0.15) is 0 Å². The first-order valence-corrected chi connectivity index (χ1v) is 10.9. The molecule has 0 saturated heterocycles. The van der Waals surface area contributed by atoms with E-state index in [2.05, 4.69) is 4.98 Å². The summed E-state index contributed by atoms with van der Waals surface area (Å²) >= 11 is 0. The molecule has 2 aromatic carbocycles. The van der Waals surface area contributed by atoms with E-state index in [0.29, 0.717) is 28.0 Å². The SMILES string of the molecule is COc1ccc(C2C(C(=O)c3cc4cccc(OC)c4o3)=C(O)C(=O)N2Cc2ccncc2)cc1. The Balaban J connectivity index is 1.60. The molecule has 4 aromatic rings. The van der Waals surface area contributed by atoms with Gasteiger partial charge in [0.1, 0.15) is 5.75 Å². The van der Waals surface area contributed by atoms with E-state index < -0.39 is 23.5 Å². The van der Waals surface area contributed by atoms with E-state index in [4.69, 9.17) is 13.9 Å². The van der Waals surface area contributed by atoms with Crippen molar-refractivity contribution in [3.63, 3.8) is 0 Å². The quantitative estimate of drug-likeness (QED) is 0.393. The van der Waals surface area contributed by atoms with Gasteiger partial charge in [-0.05, 0) is 47.5 Å². The van der Waals surface area contributed by atoms with Gasteiger partial charge in [0, 0.05) is 24.3 Å². The molecule has 0 aliphatic carbocycles. The lowest BCUT2D eigenvalue weighted by atomic mass is 9.94. The Morgan fingerprint density at radius 1 is 1.06 bits per heavy atom. The second kappa shape index (κ2) is 8.98. The van der Waals surface area contributed by atoms with Crippen molar-refractivity contribution in [3.05, 3.63) is 101 Å². The summed E-state index contributed by atoms with van der Waals surface area (Å²) in [4.78, 5) is 32.4. The molecular weight excluding hydrogens is 448 g/mol. The molecule has 0 spiro atoms. The molecule has 3 heterocycles. The molecule has 1 aliphatic heterocycles. The van der Waals surface area contributed by atoms with E-state index in [1.807, 2.05) is 0 Å². The van der Waals surface area contributed by atoms with Crippen LogP contribution in [0.15, 0.2) is 88.8 Å². The van der Waals surface area contributed by atoms with Crippen LogP contribution in [0.4, 0.5) is 0 Å². The minimum Gasteiger partial charge on any atom is -0.503 e. The number of benzene rings is 2. The normalized spacial score (nSPS) is 15.7. The number of fused-ring (bicyclic) bond motifs is 1. The number of carbonyl (C=O) groups excluding carboxylic acids is 2. The molecule has 35 heavy (non-hydrogen) atoms. The minimum atomic E-state index is -0.829. The molecule has 0 saturated carbocycles. The van der Waals surface area contributed by atoms with Crippen LogP contribution in [0.2, 0.25) is 0 Å². The summed E-state index contributed by atoms with van der Waals surface area (Å²) in [5, 5.41) is 11.6. The van der Waals surface area contributed by atoms with Gasteiger partial charge in [-0.15, -0.1) is 0 Å². The van der Waals surface area contributed by atoms with Crippen LogP contribution in [0.5, 0.6) is 11.5 Å². The van der Waals surface area contributed by atoms with E-state index >= 15 is 0 Å². The number of hydrogen-bond donors (Lipinski definition) is 1. The summed E-state index contributed by atoms with van der Waals surface area (Å²) in [6.45, 7) is 0.173. The monoisotopic (exact) mass is 470 g/mol. The Morgan fingerprint density at radius 3 is 2.49 bits per heavy atom. The Kier molecular flexibility index (Phi) is 5.70. The number of rotatable bonds is 7. The predicted octanol–water partition coefficient (Wildman–Crippen LogP) is 4.62. The van der Waals surface area contributed by atoms with Gasteiger partial charge in [-0.3, -0.25) is 14.6 Å². The molecule has 1 amide bonds. The van der Waals surface area contributed by atoms with Crippen LogP contribution >= 0.6 is 0 Å². The maximum atomic E-state index is 13.7. The fraction of sp³-hybridized carbons (Fsp3) is 0.148. The third kappa shape index (κ3) is 3.89. The Morgan fingerprint density at radius 2 is 1.80 bits per heavy atom. The zero-order chi connectivity index (χ0) is 24.5. The van der Waals surface area contributed by atoms with Gasteiger partial charge in [0.25, 0.3) is 5.91 Å². The first-order chi connectivity index (χ1) is 17.0. The highest BCUT2D eigenvalue weighted by molar-refractivity contribution is 6.16. The molecule has 2 aromatic heterocycles. The summed E-state index contributed by atoms with van der Waals surface area (Å²) in [6, 6.07) is 16.6. The summed E-state index contributed by atoms with van der Waals surface area (Å²) in [7, 11) is 3.07. The molecule has 1 unspecified atom stereocenters. The average molecular weight is 470 g/mol. The van der Waals surface area contributed by atoms with Crippen LogP contribution < -0.4 is 9.47 Å². The number of ketones is 1. The number of aliphatic hydroxyl groups is 1. The van der Waals surface area contributed by atoms with Crippen molar-refractivity contribution < 1.29 is 28.6 Å². The number of pyridine rings is 1. The lowest BCUT2D eigenvalue weighted by Gasteiger charge is -2.27. The lowest BCUT2D eigenvalue weighted by molar-refractivity contribution is -0.130. The van der Waals surface area contributed by atoms with Crippen molar-refractivity contribution in [1.82, 2.24) is 9.88 Å². The third-order valence-corrected chi connectivity index (χ3v) is 6.03. The topological polar surface area (TPSA) is 102 Å². The van der Waals surface area contributed by atoms with E-state index in [9.17, 15) is 14.7 Å². The molecule has 8 heteroatoms. The first-order valence-electron chi connectivity index (χ1n) is 10.9. The molecule has 1 atom stereocenters. The highest BCUT2D eigenvalue weighted by atomic mass is 16.5. The van der Waals surface area contributed by atoms with Crippen LogP contribution in [0.1, 0.15) is 27.7 Å². The Labute approximate surface area is 201 Å². The standard InChI is InChI=1S/C27H22N2O6/c1-33-19-8-6-17(7-9-19)23-22(25(31)27(32)29(23)15-16-10-12-28-13-11-16)24(30)21-14-18-4-3-5-20(34-2)26(18)35-21/h3-14,23,31H,15H2,1-2H3. The van der Waals surface area contributed by atoms with Gasteiger partial charge < -0.3 is 23.9 Å². The smallest absolute Gasteiger partial charge is 0.290 e. The molecular formula is C27H22N2O6. The number of furan rings is 1. The largest absolute Gasteiger partial charge is 0.503 e. The lowest BCUT2D eigenvalue weighted by Crippen LogP contribution is -2.30. The average Bonchev–Trinajstić information content (AvgIpc) is 3.44. The van der Waals surface area contributed by atoms with Gasteiger partial charge >= 0.3 is 0 Å². The number of aromatic nitrogens is 1. The van der Waals surface area contributed by atoms with Crippen molar-refractivity contribution in [2.75, 3.05) is 14.2 Å². The number of para-hydroxylation sites is 1. The maximum Gasteiger partial charge on any atom is 0.290 e. The van der Waals surface area contributed by atoms with E-state index in [-0.39, 0.29) is 17.9 Å². The highest BCUT2D eigenvalue weighted by Gasteiger charge is 2.44. The van der Waals surface area contributed by atoms with E-state index in [1.54, 1.807) is 80.2 Å². The summed E-state index contributed by atoms with van der Waals surface area (Å²) < 4.78 is 16.4. The second-order valence-corrected chi connectivity index (χ2v) is 8.04. The Hall–Kier alpha value is -4.59. The number of hydrogen-bond acceptors (Lipinski definition) is 7. The zero-order valence-electron chi connectivity index (χ0n) is 19.1. The summed E-state index contributed by atoms with van der Waals surface area (Å²) in [5.74, 6) is -0.704. The number of Topliss-reactive ketones (excluding diaryl/α,β-unsaturated/α-hetero) is 1. The molecule has 1 aliphatic rings. The van der Waals surface area contributed by atoms with E-state index in [0.717, 1.165) is 5.56 Å². The third-order valence-electron chi connectivity index (χ3n) is 6.03. The molecule has 0 radical (unpaired) electrons. The Bertz CT molecular complexity index is 1440. The van der Waals surface area contributed by atoms with Crippen LogP contribution in [0, 0.1) is 0 Å². The van der Waals surface area contributed by atoms with Crippen molar-refractivity contribution in [3.8, 4) is 11.5 Å². The van der Waals surface area contributed by atoms with Gasteiger partial charge in [0.15, 0.2) is 22.9 Å². The van der Waals surface area contributed by atoms with Gasteiger partial charge in [-0.1, -0.05) is 24.3 Å². The van der Waals surface area contributed by atoms with Crippen LogP contribution in [0.3, 0.4) is 0 Å². The zero-order valence-corrected chi connectivity index (χ0v) is 19.1. The number of amides is 1. The molecule has 8 nitrogen and oxygen atoms in total. The predicted molar refractivity (Wildman–Crippen MR) is 127 cm³/mol. The molecule has 1 N–H and O–H groups in total. The molecule has 176 valence electrons. The molecule has 0 fully saturated rings. The van der Waals surface area contributed by atoms with Crippen molar-refractivity contribution in [2.24, 2.45) is 0 Å². The minimum absolute atomic E-state index is 0.00289. The fourth-order valence-electron chi connectivity index (χ4n) is 4.31. The highest BCUT2D eigenvalue weighted by Crippen LogP contribution is 2.41. The summed E-state index contributed by atoms with van der Waals surface area (Å²) in [6.07, 6.45) is 3.25. The summed E-state index contributed by atoms with van der Waals surface area (Å²) in [5.41, 5.74) is 1.82. The van der Waals surface area contributed by atoms with Crippen LogP contribution in [-0.4, -0.2) is 40.9 Å². The number of nitrogens with zero attached hydrogens (tertiary/aromatic N) is 2. The molecule has 5 rings (SSSR count). The van der Waals surface area contributed by atoms with Crippen molar-refractivity contribution >= 4 is 22.7 Å². The first kappa shape index (κ1) is 22.2. The number of carbonyl (C=O) groups is 2.